The molecule has 1 saturated heterocycles. The Morgan fingerprint density at radius 3 is 3.21 bits per heavy atom. The fraction of sp³-hybridized carbons (Fsp3) is 0.571. The highest BCUT2D eigenvalue weighted by Gasteiger charge is 2.13. The van der Waals surface area contributed by atoms with Crippen LogP contribution in [0.25, 0.3) is 11.0 Å². The topological polar surface area (TPSA) is 54.8 Å². The summed E-state index contributed by atoms with van der Waals surface area (Å²) in [6.45, 7) is 5.33. The first-order valence-corrected chi connectivity index (χ1v) is 6.98. The number of nitrogens with zero attached hydrogens (tertiary/aromatic N) is 3. The van der Waals surface area contributed by atoms with Crippen molar-refractivity contribution in [3.8, 4) is 0 Å². The summed E-state index contributed by atoms with van der Waals surface area (Å²) in [5, 5.41) is 12.5. The van der Waals surface area contributed by atoms with Crippen LogP contribution >= 0.6 is 0 Å². The van der Waals surface area contributed by atoms with Gasteiger partial charge >= 0.3 is 0 Å². The first-order chi connectivity index (χ1) is 9.24. The van der Waals surface area contributed by atoms with E-state index in [-0.39, 0.29) is 0 Å². The van der Waals surface area contributed by atoms with E-state index in [9.17, 15) is 0 Å². The molecule has 2 N–H and O–H groups in total. The van der Waals surface area contributed by atoms with Gasteiger partial charge in [-0.25, -0.2) is 4.98 Å². The maximum absolute atomic E-state index is 4.49. The number of aryl methyl sites for hydroxylation is 2. The Kier molecular flexibility index (Phi) is 3.38. The Balaban J connectivity index is 1.72. The zero-order chi connectivity index (χ0) is 13.2. The van der Waals surface area contributed by atoms with E-state index in [1.54, 1.807) is 0 Å². The summed E-state index contributed by atoms with van der Waals surface area (Å²) in [7, 11) is 1.93. The number of anilines is 1. The second-order valence-corrected chi connectivity index (χ2v) is 5.40. The van der Waals surface area contributed by atoms with Gasteiger partial charge in [-0.1, -0.05) is 0 Å². The predicted molar refractivity (Wildman–Crippen MR) is 77.3 cm³/mol. The van der Waals surface area contributed by atoms with Crippen LogP contribution in [0.1, 0.15) is 18.5 Å². The lowest BCUT2D eigenvalue weighted by atomic mass is 10.00. The van der Waals surface area contributed by atoms with Gasteiger partial charge in [0.25, 0.3) is 0 Å². The van der Waals surface area contributed by atoms with Crippen molar-refractivity contribution in [3.05, 3.63) is 18.0 Å². The van der Waals surface area contributed by atoms with Gasteiger partial charge in [0.05, 0.1) is 17.6 Å². The fourth-order valence-electron chi connectivity index (χ4n) is 2.76. The third-order valence-electron chi connectivity index (χ3n) is 3.86. The van der Waals surface area contributed by atoms with Gasteiger partial charge in [-0.2, -0.15) is 5.10 Å². The molecule has 5 nitrogen and oxygen atoms in total. The average molecular weight is 259 g/mol. The molecule has 1 unspecified atom stereocenters. The molecule has 19 heavy (non-hydrogen) atoms. The van der Waals surface area contributed by atoms with Crippen molar-refractivity contribution in [3.63, 3.8) is 0 Å². The van der Waals surface area contributed by atoms with Gasteiger partial charge in [0, 0.05) is 19.0 Å². The van der Waals surface area contributed by atoms with Crippen LogP contribution in [-0.2, 0) is 7.05 Å². The monoisotopic (exact) mass is 259 g/mol. The Hall–Kier alpha value is -1.62. The number of aromatic nitrogens is 3. The van der Waals surface area contributed by atoms with Crippen LogP contribution in [0.2, 0.25) is 0 Å². The number of hydrogen-bond donors (Lipinski definition) is 2. The van der Waals surface area contributed by atoms with E-state index in [2.05, 4.69) is 26.8 Å². The summed E-state index contributed by atoms with van der Waals surface area (Å²) in [4.78, 5) is 4.49. The summed E-state index contributed by atoms with van der Waals surface area (Å²) < 4.78 is 1.83. The number of nitrogens with one attached hydrogen (secondary N) is 2. The molecule has 0 amide bonds. The fourth-order valence-corrected chi connectivity index (χ4v) is 2.76. The SMILES string of the molecule is Cc1nn(C)c2ncc(NCC3CCCNC3)cc12. The number of pyridine rings is 1. The maximum Gasteiger partial charge on any atom is 0.157 e. The average Bonchev–Trinajstić information content (AvgIpc) is 2.73. The van der Waals surface area contributed by atoms with Gasteiger partial charge in [-0.15, -0.1) is 0 Å². The maximum atomic E-state index is 4.49. The Bertz CT molecular complexity index is 568. The molecule has 1 atom stereocenters. The zero-order valence-corrected chi connectivity index (χ0v) is 11.6. The molecular weight excluding hydrogens is 238 g/mol. The van der Waals surface area contributed by atoms with Crippen LogP contribution in [0.5, 0.6) is 0 Å². The third-order valence-corrected chi connectivity index (χ3v) is 3.86. The van der Waals surface area contributed by atoms with Gasteiger partial charge in [-0.05, 0) is 44.8 Å². The summed E-state index contributed by atoms with van der Waals surface area (Å²) in [6.07, 6.45) is 4.49. The van der Waals surface area contributed by atoms with Crippen molar-refractivity contribution in [2.24, 2.45) is 13.0 Å². The van der Waals surface area contributed by atoms with Crippen LogP contribution in [0.4, 0.5) is 5.69 Å². The molecule has 0 radical (unpaired) electrons. The summed E-state index contributed by atoms with van der Waals surface area (Å²) >= 11 is 0. The van der Waals surface area contributed by atoms with E-state index in [0.717, 1.165) is 41.4 Å². The molecule has 0 aromatic carbocycles. The van der Waals surface area contributed by atoms with E-state index in [1.807, 2.05) is 24.9 Å². The largest absolute Gasteiger partial charge is 0.383 e. The summed E-state index contributed by atoms with van der Waals surface area (Å²) in [5.74, 6) is 0.722. The van der Waals surface area contributed by atoms with Crippen LogP contribution in [-0.4, -0.2) is 34.4 Å². The molecule has 0 saturated carbocycles. The number of hydrogen-bond acceptors (Lipinski definition) is 4. The van der Waals surface area contributed by atoms with Crippen molar-refractivity contribution in [2.45, 2.75) is 19.8 Å². The molecule has 3 heterocycles. The molecule has 2 aromatic rings. The van der Waals surface area contributed by atoms with Crippen LogP contribution in [0.15, 0.2) is 12.3 Å². The van der Waals surface area contributed by atoms with Gasteiger partial charge in [0.1, 0.15) is 0 Å². The quantitative estimate of drug-likeness (QED) is 0.880. The third kappa shape index (κ3) is 2.56. The lowest BCUT2D eigenvalue weighted by Gasteiger charge is -2.23. The van der Waals surface area contributed by atoms with E-state index < -0.39 is 0 Å². The number of piperidine rings is 1. The van der Waals surface area contributed by atoms with Gasteiger partial charge in [-0.3, -0.25) is 4.68 Å². The molecule has 0 spiro atoms. The normalized spacial score (nSPS) is 19.8. The van der Waals surface area contributed by atoms with Crippen LogP contribution in [0, 0.1) is 12.8 Å². The molecule has 1 aliphatic heterocycles. The summed E-state index contributed by atoms with van der Waals surface area (Å²) in [5.41, 5.74) is 3.07. The van der Waals surface area contributed by atoms with E-state index >= 15 is 0 Å². The van der Waals surface area contributed by atoms with Crippen molar-refractivity contribution < 1.29 is 0 Å². The van der Waals surface area contributed by atoms with Crippen LogP contribution in [0.3, 0.4) is 0 Å². The highest BCUT2D eigenvalue weighted by molar-refractivity contribution is 5.81. The molecule has 102 valence electrons. The minimum Gasteiger partial charge on any atom is -0.383 e. The molecular formula is C14H21N5. The van der Waals surface area contributed by atoms with Crippen molar-refractivity contribution >= 4 is 16.7 Å². The van der Waals surface area contributed by atoms with Gasteiger partial charge < -0.3 is 10.6 Å². The highest BCUT2D eigenvalue weighted by Crippen LogP contribution is 2.20. The molecule has 0 aliphatic carbocycles. The minimum absolute atomic E-state index is 0.722. The summed E-state index contributed by atoms with van der Waals surface area (Å²) in [6, 6.07) is 2.15. The first kappa shape index (κ1) is 12.4. The standard InChI is InChI=1S/C14H21N5/c1-10-13-6-12(9-17-14(13)19(2)18-10)16-8-11-4-3-5-15-7-11/h6,9,11,15-16H,3-5,7-8H2,1-2H3. The lowest BCUT2D eigenvalue weighted by molar-refractivity contribution is 0.393. The molecule has 1 fully saturated rings. The van der Waals surface area contributed by atoms with Gasteiger partial charge in [0.15, 0.2) is 5.65 Å². The van der Waals surface area contributed by atoms with E-state index in [1.165, 1.54) is 19.4 Å². The number of rotatable bonds is 3. The first-order valence-electron chi connectivity index (χ1n) is 6.98. The smallest absolute Gasteiger partial charge is 0.157 e. The van der Waals surface area contributed by atoms with Crippen LogP contribution < -0.4 is 10.6 Å². The Labute approximate surface area is 113 Å². The lowest BCUT2D eigenvalue weighted by Crippen LogP contribution is -2.33. The molecule has 3 rings (SSSR count). The van der Waals surface area contributed by atoms with Crippen molar-refractivity contribution in [1.29, 1.82) is 0 Å². The second-order valence-electron chi connectivity index (χ2n) is 5.40. The van der Waals surface area contributed by atoms with Gasteiger partial charge in [0.2, 0.25) is 0 Å². The number of fused-ring (bicyclic) bond motifs is 1. The molecule has 1 aliphatic rings. The van der Waals surface area contributed by atoms with E-state index in [0.29, 0.717) is 0 Å². The highest BCUT2D eigenvalue weighted by atomic mass is 15.3. The Morgan fingerprint density at radius 1 is 1.53 bits per heavy atom. The molecule has 0 bridgehead atoms. The zero-order valence-electron chi connectivity index (χ0n) is 11.6. The van der Waals surface area contributed by atoms with E-state index in [4.69, 9.17) is 0 Å². The van der Waals surface area contributed by atoms with Crippen molar-refractivity contribution in [2.75, 3.05) is 25.0 Å². The van der Waals surface area contributed by atoms with Crippen molar-refractivity contribution in [1.82, 2.24) is 20.1 Å². The predicted octanol–water partition coefficient (Wildman–Crippen LogP) is 1.69. The molecule has 5 heteroatoms. The molecule has 2 aromatic heterocycles. The Morgan fingerprint density at radius 2 is 2.42 bits per heavy atom. The second kappa shape index (κ2) is 5.17. The minimum atomic E-state index is 0.722.